The van der Waals surface area contributed by atoms with Crippen molar-refractivity contribution in [2.24, 2.45) is 5.10 Å². The minimum absolute atomic E-state index is 0.0942. The van der Waals surface area contributed by atoms with Gasteiger partial charge in [-0.2, -0.15) is 9.41 Å². The molecule has 1 aliphatic heterocycles. The van der Waals surface area contributed by atoms with Gasteiger partial charge in [-0.15, -0.1) is 0 Å². The quantitative estimate of drug-likeness (QED) is 0.186. The summed E-state index contributed by atoms with van der Waals surface area (Å²) in [6.45, 7) is 0.996. The Bertz CT molecular complexity index is 1510. The maximum absolute atomic E-state index is 12.9. The lowest BCUT2D eigenvalue weighted by Gasteiger charge is -2.26. The van der Waals surface area contributed by atoms with Crippen LogP contribution < -0.4 is 5.43 Å². The van der Waals surface area contributed by atoms with Crippen LogP contribution in [0.15, 0.2) is 82.8 Å². The summed E-state index contributed by atoms with van der Waals surface area (Å²) in [5.41, 5.74) is 3.32. The number of nitro groups is 1. The van der Waals surface area contributed by atoms with Crippen molar-refractivity contribution < 1.29 is 18.1 Å². The molecule has 1 heterocycles. The maximum atomic E-state index is 12.9. The number of anilines is 1. The molecule has 0 aromatic heterocycles. The van der Waals surface area contributed by atoms with E-state index in [0.29, 0.717) is 13.2 Å². The van der Waals surface area contributed by atoms with Crippen LogP contribution >= 0.6 is 0 Å². The second kappa shape index (κ2) is 9.41. The Kier molecular flexibility index (Phi) is 6.16. The average molecular weight is 491 g/mol. The van der Waals surface area contributed by atoms with E-state index in [1.54, 1.807) is 6.21 Å². The fraction of sp³-hybridized carbons (Fsp3) is 0.160. The lowest BCUT2D eigenvalue weighted by Crippen LogP contribution is -2.40. The highest BCUT2D eigenvalue weighted by Gasteiger charge is 2.28. The SMILES string of the molecule is O=[N+]([O-])c1cc(S(=O)(=O)N2CCOCC2)ccc1NN=Cc1c2ccccc2cc2ccccc12. The summed E-state index contributed by atoms with van der Waals surface area (Å²) in [5, 5.41) is 20.1. The third kappa shape index (κ3) is 4.46. The number of nitrogens with zero attached hydrogens (tertiary/aromatic N) is 3. The van der Waals surface area contributed by atoms with Gasteiger partial charge in [-0.25, -0.2) is 8.42 Å². The van der Waals surface area contributed by atoms with Gasteiger partial charge in [0.15, 0.2) is 0 Å². The number of hydrogen-bond acceptors (Lipinski definition) is 7. The highest BCUT2D eigenvalue weighted by atomic mass is 32.2. The van der Waals surface area contributed by atoms with Crippen molar-refractivity contribution in [3.8, 4) is 0 Å². The molecule has 0 bridgehead atoms. The van der Waals surface area contributed by atoms with Crippen LogP contribution in [0.5, 0.6) is 0 Å². The van der Waals surface area contributed by atoms with Crippen molar-refractivity contribution in [1.82, 2.24) is 4.31 Å². The van der Waals surface area contributed by atoms with E-state index in [9.17, 15) is 18.5 Å². The van der Waals surface area contributed by atoms with Gasteiger partial charge in [-0.1, -0.05) is 48.5 Å². The molecule has 1 N–H and O–H groups in total. The maximum Gasteiger partial charge on any atom is 0.295 e. The normalized spacial score (nSPS) is 15.1. The number of fused-ring (bicyclic) bond motifs is 2. The molecule has 9 nitrogen and oxygen atoms in total. The van der Waals surface area contributed by atoms with Crippen LogP contribution in [0.1, 0.15) is 5.56 Å². The van der Waals surface area contributed by atoms with E-state index in [1.807, 2.05) is 48.5 Å². The molecule has 35 heavy (non-hydrogen) atoms. The molecule has 0 atom stereocenters. The smallest absolute Gasteiger partial charge is 0.295 e. The van der Waals surface area contributed by atoms with E-state index >= 15 is 0 Å². The van der Waals surface area contributed by atoms with Gasteiger partial charge in [0.05, 0.1) is 29.2 Å². The zero-order valence-corrected chi connectivity index (χ0v) is 19.4. The molecule has 4 aromatic carbocycles. The molecule has 178 valence electrons. The van der Waals surface area contributed by atoms with Crippen LogP contribution in [0.2, 0.25) is 0 Å². The summed E-state index contributed by atoms with van der Waals surface area (Å²) in [6.07, 6.45) is 1.63. The first kappa shape index (κ1) is 22.9. The number of rotatable bonds is 6. The van der Waals surface area contributed by atoms with Gasteiger partial charge < -0.3 is 4.74 Å². The molecule has 0 unspecified atom stereocenters. The van der Waals surface area contributed by atoms with E-state index < -0.39 is 14.9 Å². The Labute approximate surface area is 201 Å². The van der Waals surface area contributed by atoms with Crippen LogP contribution in [0.3, 0.4) is 0 Å². The Morgan fingerprint density at radius 1 is 0.943 bits per heavy atom. The predicted molar refractivity (Wildman–Crippen MR) is 135 cm³/mol. The first-order valence-corrected chi connectivity index (χ1v) is 12.4. The second-order valence-electron chi connectivity index (χ2n) is 8.06. The van der Waals surface area contributed by atoms with E-state index in [2.05, 4.69) is 16.6 Å². The molecule has 0 amide bonds. The molecule has 4 aromatic rings. The lowest BCUT2D eigenvalue weighted by atomic mass is 9.97. The number of nitrogens with one attached hydrogen (secondary N) is 1. The van der Waals surface area contributed by atoms with Gasteiger partial charge in [-0.3, -0.25) is 15.5 Å². The Morgan fingerprint density at radius 3 is 2.20 bits per heavy atom. The number of benzene rings is 4. The largest absolute Gasteiger partial charge is 0.379 e. The summed E-state index contributed by atoms with van der Waals surface area (Å²) < 4.78 is 32.3. The molecule has 1 fully saturated rings. The van der Waals surface area contributed by atoms with Gasteiger partial charge in [0.2, 0.25) is 10.0 Å². The molecule has 10 heteroatoms. The van der Waals surface area contributed by atoms with Crippen LogP contribution in [0.4, 0.5) is 11.4 Å². The van der Waals surface area contributed by atoms with Gasteiger partial charge in [0.25, 0.3) is 5.69 Å². The van der Waals surface area contributed by atoms with Crippen LogP contribution in [0.25, 0.3) is 21.5 Å². The van der Waals surface area contributed by atoms with Crippen molar-refractivity contribution >= 4 is 49.2 Å². The number of ether oxygens (including phenoxy) is 1. The molecule has 1 aliphatic rings. The van der Waals surface area contributed by atoms with Gasteiger partial charge in [0.1, 0.15) is 5.69 Å². The first-order valence-electron chi connectivity index (χ1n) is 11.0. The lowest BCUT2D eigenvalue weighted by molar-refractivity contribution is -0.384. The molecular weight excluding hydrogens is 468 g/mol. The monoisotopic (exact) mass is 490 g/mol. The number of nitro benzene ring substituents is 1. The second-order valence-corrected chi connectivity index (χ2v) is 9.99. The van der Waals surface area contributed by atoms with Gasteiger partial charge in [0, 0.05) is 24.7 Å². The zero-order chi connectivity index (χ0) is 24.4. The first-order chi connectivity index (χ1) is 16.9. The summed E-state index contributed by atoms with van der Waals surface area (Å²) in [5.74, 6) is 0. The number of morpholine rings is 1. The Hall–Kier alpha value is -3.86. The fourth-order valence-corrected chi connectivity index (χ4v) is 5.64. The summed E-state index contributed by atoms with van der Waals surface area (Å²) >= 11 is 0. The number of sulfonamides is 1. The molecule has 0 radical (unpaired) electrons. The summed E-state index contributed by atoms with van der Waals surface area (Å²) in [4.78, 5) is 11.0. The summed E-state index contributed by atoms with van der Waals surface area (Å²) in [7, 11) is -3.86. The fourth-order valence-electron chi connectivity index (χ4n) is 4.21. The Morgan fingerprint density at radius 2 is 1.57 bits per heavy atom. The zero-order valence-electron chi connectivity index (χ0n) is 18.6. The van der Waals surface area contributed by atoms with Crippen LogP contribution in [-0.2, 0) is 14.8 Å². The van der Waals surface area contributed by atoms with Crippen molar-refractivity contribution in [3.63, 3.8) is 0 Å². The molecule has 1 saturated heterocycles. The molecule has 0 spiro atoms. The molecule has 0 saturated carbocycles. The van der Waals surface area contributed by atoms with E-state index in [1.165, 1.54) is 16.4 Å². The van der Waals surface area contributed by atoms with E-state index in [-0.39, 0.29) is 29.4 Å². The summed E-state index contributed by atoms with van der Waals surface area (Å²) in [6, 6.07) is 21.7. The third-order valence-corrected chi connectivity index (χ3v) is 7.86. The van der Waals surface area contributed by atoms with Crippen LogP contribution in [-0.4, -0.2) is 50.2 Å². The minimum atomic E-state index is -3.86. The highest BCUT2D eigenvalue weighted by Crippen LogP contribution is 2.30. The topological polar surface area (TPSA) is 114 Å². The average Bonchev–Trinajstić information content (AvgIpc) is 2.88. The Balaban J connectivity index is 1.49. The van der Waals surface area contributed by atoms with Crippen molar-refractivity contribution in [2.75, 3.05) is 31.7 Å². The van der Waals surface area contributed by atoms with E-state index in [0.717, 1.165) is 33.2 Å². The molecule has 0 aliphatic carbocycles. The van der Waals surface area contributed by atoms with Gasteiger partial charge >= 0.3 is 0 Å². The number of hydrazone groups is 1. The van der Waals surface area contributed by atoms with Crippen LogP contribution in [0, 0.1) is 10.1 Å². The van der Waals surface area contributed by atoms with E-state index in [4.69, 9.17) is 4.74 Å². The van der Waals surface area contributed by atoms with Gasteiger partial charge in [-0.05, 0) is 39.7 Å². The van der Waals surface area contributed by atoms with Crippen molar-refractivity contribution in [1.29, 1.82) is 0 Å². The third-order valence-electron chi connectivity index (χ3n) is 5.97. The standard InChI is InChI=1S/C25H22N4O5S/c30-29(31)25-16-20(35(32,33)28-11-13-34-14-12-28)9-10-24(25)27-26-17-23-21-7-3-1-5-18(21)15-19-6-2-4-8-22(19)23/h1-10,15-17,27H,11-14H2. The molecular formula is C25H22N4O5S. The van der Waals surface area contributed by atoms with Crippen molar-refractivity contribution in [2.45, 2.75) is 4.90 Å². The highest BCUT2D eigenvalue weighted by molar-refractivity contribution is 7.89. The number of hydrogen-bond donors (Lipinski definition) is 1. The van der Waals surface area contributed by atoms with Crippen molar-refractivity contribution in [3.05, 3.63) is 88.5 Å². The molecule has 5 rings (SSSR count). The minimum Gasteiger partial charge on any atom is -0.379 e. The predicted octanol–water partition coefficient (Wildman–Crippen LogP) is 4.37.